The third-order valence-electron chi connectivity index (χ3n) is 1.91. The van der Waals surface area contributed by atoms with Gasteiger partial charge in [0.25, 0.3) is 5.91 Å². The van der Waals surface area contributed by atoms with E-state index in [1.165, 1.54) is 0 Å². The number of hydrogen-bond donors (Lipinski definition) is 0. The molecule has 0 heterocycles. The van der Waals surface area contributed by atoms with Crippen molar-refractivity contribution in [1.82, 2.24) is 4.90 Å². The number of nitrogens with zero attached hydrogens (tertiary/aromatic N) is 1. The Bertz CT molecular complexity index is 294. The maximum atomic E-state index is 11.6. The smallest absolute Gasteiger partial charge is 0.253 e. The third-order valence-corrected chi connectivity index (χ3v) is 2.16. The Morgan fingerprint density at radius 3 is 2.38 bits per heavy atom. The molecule has 1 amide bonds. The Morgan fingerprint density at radius 1 is 1.38 bits per heavy atom. The Morgan fingerprint density at radius 2 is 1.92 bits per heavy atom. The molecule has 0 radical (unpaired) electrons. The van der Waals surface area contributed by atoms with E-state index in [0.29, 0.717) is 17.1 Å². The SMILES string of the molecule is CCN(C)C(=O)c1ccc(Cl)cc1. The van der Waals surface area contributed by atoms with Gasteiger partial charge in [-0.3, -0.25) is 4.79 Å². The number of benzene rings is 1. The minimum absolute atomic E-state index is 0.0270. The molecule has 3 heteroatoms. The summed E-state index contributed by atoms with van der Waals surface area (Å²) in [7, 11) is 1.77. The molecule has 0 bridgehead atoms. The van der Waals surface area contributed by atoms with Crippen LogP contribution in [-0.4, -0.2) is 24.4 Å². The highest BCUT2D eigenvalue weighted by molar-refractivity contribution is 6.30. The van der Waals surface area contributed by atoms with E-state index in [4.69, 9.17) is 11.6 Å². The fourth-order valence-electron chi connectivity index (χ4n) is 0.956. The van der Waals surface area contributed by atoms with E-state index in [9.17, 15) is 4.79 Å². The molecule has 2 nitrogen and oxygen atoms in total. The van der Waals surface area contributed by atoms with E-state index in [1.807, 2.05) is 6.92 Å². The van der Waals surface area contributed by atoms with E-state index < -0.39 is 0 Å². The summed E-state index contributed by atoms with van der Waals surface area (Å²) in [6.45, 7) is 2.65. The molecule has 0 atom stereocenters. The van der Waals surface area contributed by atoms with Crippen LogP contribution in [0.3, 0.4) is 0 Å². The summed E-state index contributed by atoms with van der Waals surface area (Å²) >= 11 is 5.70. The average molecular weight is 198 g/mol. The number of carbonyl (C=O) groups excluding carboxylic acids is 1. The molecule has 0 aliphatic heterocycles. The molecule has 0 aliphatic carbocycles. The molecular weight excluding hydrogens is 186 g/mol. The van der Waals surface area contributed by atoms with Gasteiger partial charge in [0.1, 0.15) is 0 Å². The third kappa shape index (κ3) is 2.46. The van der Waals surface area contributed by atoms with E-state index >= 15 is 0 Å². The molecule has 0 aromatic heterocycles. The van der Waals surface area contributed by atoms with Gasteiger partial charge in [-0.2, -0.15) is 0 Å². The van der Waals surface area contributed by atoms with Crippen molar-refractivity contribution in [3.63, 3.8) is 0 Å². The second-order valence-electron chi connectivity index (χ2n) is 2.83. The number of carbonyl (C=O) groups is 1. The Kier molecular flexibility index (Phi) is 3.32. The van der Waals surface area contributed by atoms with Crippen molar-refractivity contribution in [3.05, 3.63) is 34.9 Å². The lowest BCUT2D eigenvalue weighted by Gasteiger charge is -2.13. The molecule has 1 aromatic carbocycles. The van der Waals surface area contributed by atoms with Crippen molar-refractivity contribution in [2.45, 2.75) is 6.92 Å². The van der Waals surface area contributed by atoms with Gasteiger partial charge < -0.3 is 4.90 Å². The minimum atomic E-state index is 0.0270. The van der Waals surface area contributed by atoms with Crippen LogP contribution in [0.15, 0.2) is 24.3 Å². The second kappa shape index (κ2) is 4.28. The van der Waals surface area contributed by atoms with Crippen molar-refractivity contribution >= 4 is 17.5 Å². The molecule has 70 valence electrons. The van der Waals surface area contributed by atoms with Crippen molar-refractivity contribution in [2.24, 2.45) is 0 Å². The monoisotopic (exact) mass is 197 g/mol. The van der Waals surface area contributed by atoms with E-state index in [2.05, 4.69) is 0 Å². The van der Waals surface area contributed by atoms with Crippen LogP contribution >= 0.6 is 11.6 Å². The molecule has 13 heavy (non-hydrogen) atoms. The summed E-state index contributed by atoms with van der Waals surface area (Å²) in [5.41, 5.74) is 0.675. The van der Waals surface area contributed by atoms with Gasteiger partial charge >= 0.3 is 0 Å². The summed E-state index contributed by atoms with van der Waals surface area (Å²) in [5, 5.41) is 0.649. The van der Waals surface area contributed by atoms with Crippen LogP contribution in [0.1, 0.15) is 17.3 Å². The van der Waals surface area contributed by atoms with Crippen LogP contribution in [0.2, 0.25) is 5.02 Å². The normalized spacial score (nSPS) is 9.77. The largest absolute Gasteiger partial charge is 0.342 e. The van der Waals surface area contributed by atoms with Crippen molar-refractivity contribution in [3.8, 4) is 0 Å². The van der Waals surface area contributed by atoms with Crippen LogP contribution in [0.4, 0.5) is 0 Å². The van der Waals surface area contributed by atoms with Crippen LogP contribution in [0.5, 0.6) is 0 Å². The first-order valence-corrected chi connectivity index (χ1v) is 4.54. The quantitative estimate of drug-likeness (QED) is 0.713. The highest BCUT2D eigenvalue weighted by Crippen LogP contribution is 2.10. The fourth-order valence-corrected chi connectivity index (χ4v) is 1.08. The second-order valence-corrected chi connectivity index (χ2v) is 3.26. The molecule has 1 aromatic rings. The highest BCUT2D eigenvalue weighted by Gasteiger charge is 2.08. The molecule has 0 saturated heterocycles. The Hall–Kier alpha value is -1.02. The zero-order valence-corrected chi connectivity index (χ0v) is 8.51. The molecule has 0 aliphatic rings. The topological polar surface area (TPSA) is 20.3 Å². The maximum absolute atomic E-state index is 11.6. The molecule has 0 spiro atoms. The van der Waals surface area contributed by atoms with Gasteiger partial charge in [0.2, 0.25) is 0 Å². The summed E-state index contributed by atoms with van der Waals surface area (Å²) < 4.78 is 0. The minimum Gasteiger partial charge on any atom is -0.342 e. The molecule has 0 unspecified atom stereocenters. The zero-order chi connectivity index (χ0) is 9.84. The summed E-state index contributed by atoms with van der Waals surface area (Å²) in [6, 6.07) is 6.91. The maximum Gasteiger partial charge on any atom is 0.253 e. The average Bonchev–Trinajstić information content (AvgIpc) is 2.17. The first-order chi connectivity index (χ1) is 6.15. The van der Waals surface area contributed by atoms with E-state index in [0.717, 1.165) is 0 Å². The Balaban J connectivity index is 2.83. The zero-order valence-electron chi connectivity index (χ0n) is 7.75. The number of amides is 1. The van der Waals surface area contributed by atoms with Gasteiger partial charge in [-0.25, -0.2) is 0 Å². The lowest BCUT2D eigenvalue weighted by atomic mass is 10.2. The summed E-state index contributed by atoms with van der Waals surface area (Å²) in [4.78, 5) is 13.2. The standard InChI is InChI=1S/C10H12ClNO/c1-3-12(2)10(13)8-4-6-9(11)7-5-8/h4-7H,3H2,1-2H3. The highest BCUT2D eigenvalue weighted by atomic mass is 35.5. The van der Waals surface area contributed by atoms with Gasteiger partial charge in [-0.15, -0.1) is 0 Å². The first kappa shape index (κ1) is 10.1. The van der Waals surface area contributed by atoms with Gasteiger partial charge in [0, 0.05) is 24.2 Å². The molecular formula is C10H12ClNO. The van der Waals surface area contributed by atoms with Gasteiger partial charge in [0.05, 0.1) is 0 Å². The van der Waals surface area contributed by atoms with Gasteiger partial charge in [-0.1, -0.05) is 11.6 Å². The first-order valence-electron chi connectivity index (χ1n) is 4.16. The van der Waals surface area contributed by atoms with Crippen LogP contribution in [-0.2, 0) is 0 Å². The predicted molar refractivity (Wildman–Crippen MR) is 54.1 cm³/mol. The Labute approximate surface area is 83.1 Å². The van der Waals surface area contributed by atoms with Crippen molar-refractivity contribution in [2.75, 3.05) is 13.6 Å². The van der Waals surface area contributed by atoms with Crippen molar-refractivity contribution < 1.29 is 4.79 Å². The van der Waals surface area contributed by atoms with E-state index in [-0.39, 0.29) is 5.91 Å². The van der Waals surface area contributed by atoms with Crippen LogP contribution < -0.4 is 0 Å². The number of rotatable bonds is 2. The van der Waals surface area contributed by atoms with Gasteiger partial charge in [-0.05, 0) is 31.2 Å². The number of hydrogen-bond acceptors (Lipinski definition) is 1. The number of halogens is 1. The van der Waals surface area contributed by atoms with Gasteiger partial charge in [0.15, 0.2) is 0 Å². The van der Waals surface area contributed by atoms with Crippen LogP contribution in [0, 0.1) is 0 Å². The van der Waals surface area contributed by atoms with Crippen molar-refractivity contribution in [1.29, 1.82) is 0 Å². The summed E-state index contributed by atoms with van der Waals surface area (Å²) in [5.74, 6) is 0.0270. The van der Waals surface area contributed by atoms with E-state index in [1.54, 1.807) is 36.2 Å². The lowest BCUT2D eigenvalue weighted by Crippen LogP contribution is -2.25. The molecule has 0 fully saturated rings. The molecule has 0 N–H and O–H groups in total. The fraction of sp³-hybridized carbons (Fsp3) is 0.300. The molecule has 1 rings (SSSR count). The molecule has 0 saturated carbocycles. The lowest BCUT2D eigenvalue weighted by molar-refractivity contribution is 0.0802. The predicted octanol–water partition coefficient (Wildman–Crippen LogP) is 2.43. The van der Waals surface area contributed by atoms with Crippen LogP contribution in [0.25, 0.3) is 0 Å². The summed E-state index contributed by atoms with van der Waals surface area (Å²) in [6.07, 6.45) is 0.